The van der Waals surface area contributed by atoms with Gasteiger partial charge in [-0.2, -0.15) is 0 Å². The van der Waals surface area contributed by atoms with Gasteiger partial charge in [-0.15, -0.1) is 0 Å². The lowest BCUT2D eigenvalue weighted by molar-refractivity contribution is 0.0538. The molecule has 0 bridgehead atoms. The van der Waals surface area contributed by atoms with Gasteiger partial charge in [0, 0.05) is 0 Å². The summed E-state index contributed by atoms with van der Waals surface area (Å²) in [4.78, 5) is 38.8. The van der Waals surface area contributed by atoms with Crippen molar-refractivity contribution >= 4 is 40.1 Å². The summed E-state index contributed by atoms with van der Waals surface area (Å²) in [5, 5.41) is -1.17. The van der Waals surface area contributed by atoms with E-state index in [1.807, 2.05) is 4.98 Å². The summed E-state index contributed by atoms with van der Waals surface area (Å²) < 4.78 is 4.58. The van der Waals surface area contributed by atoms with Crippen LogP contribution in [-0.2, 0) is 4.74 Å². The van der Waals surface area contributed by atoms with Crippen LogP contribution in [0.1, 0.15) is 10.4 Å². The number of alkyl halides is 2. The fourth-order valence-corrected chi connectivity index (χ4v) is 1.67. The number of aromatic nitrogens is 2. The summed E-state index contributed by atoms with van der Waals surface area (Å²) in [5.41, 5.74) is -1.25. The Bertz CT molecular complexity index is 720. The van der Waals surface area contributed by atoms with Crippen LogP contribution in [0.3, 0.4) is 0 Å². The molecule has 94 valence electrons. The van der Waals surface area contributed by atoms with Crippen LogP contribution in [0.25, 0.3) is 10.9 Å². The molecule has 1 aromatic heterocycles. The molecule has 18 heavy (non-hydrogen) atoms. The minimum Gasteiger partial charge on any atom is -0.428 e. The molecule has 0 fully saturated rings. The van der Waals surface area contributed by atoms with Crippen LogP contribution in [-0.4, -0.2) is 21.0 Å². The third kappa shape index (κ3) is 2.39. The molecule has 0 aliphatic heterocycles. The first-order valence-corrected chi connectivity index (χ1v) is 5.61. The number of hydrogen-bond acceptors (Lipinski definition) is 4. The number of halogens is 2. The molecular formula is C10H6Cl2N2O4. The molecule has 0 aliphatic rings. The Morgan fingerprint density at radius 1 is 1.22 bits per heavy atom. The van der Waals surface area contributed by atoms with Gasteiger partial charge in [0.15, 0.2) is 0 Å². The molecule has 0 atom stereocenters. The van der Waals surface area contributed by atoms with E-state index in [0.717, 1.165) is 0 Å². The highest BCUT2D eigenvalue weighted by Gasteiger charge is 2.16. The van der Waals surface area contributed by atoms with E-state index in [-0.39, 0.29) is 16.5 Å². The standard InChI is InChI=1S/C10H6Cl2N2O4/c11-9(12)18-8(16)5-3-1-2-4-6(5)13-10(17)14-7(4)15/h1-3,9H,(H2,13,14,15,17). The molecule has 0 aliphatic carbocycles. The van der Waals surface area contributed by atoms with Crippen LogP contribution in [0.4, 0.5) is 0 Å². The number of aromatic amines is 2. The zero-order valence-corrected chi connectivity index (χ0v) is 10.2. The zero-order chi connectivity index (χ0) is 13.3. The molecule has 2 N–H and O–H groups in total. The number of esters is 1. The minimum absolute atomic E-state index is 0.00185. The summed E-state index contributed by atoms with van der Waals surface area (Å²) in [6.45, 7) is 0. The Morgan fingerprint density at radius 3 is 2.61 bits per heavy atom. The summed E-state index contributed by atoms with van der Waals surface area (Å²) in [7, 11) is 0. The van der Waals surface area contributed by atoms with Crippen molar-refractivity contribution in [3.05, 3.63) is 44.6 Å². The third-order valence-electron chi connectivity index (χ3n) is 2.19. The predicted octanol–water partition coefficient (Wildman–Crippen LogP) is 1.13. The monoisotopic (exact) mass is 288 g/mol. The Balaban J connectivity index is 2.69. The smallest absolute Gasteiger partial charge is 0.342 e. The molecule has 0 saturated carbocycles. The predicted molar refractivity (Wildman–Crippen MR) is 66.1 cm³/mol. The Morgan fingerprint density at radius 2 is 1.94 bits per heavy atom. The molecule has 0 radical (unpaired) electrons. The van der Waals surface area contributed by atoms with Gasteiger partial charge in [0.05, 0.1) is 16.5 Å². The van der Waals surface area contributed by atoms with E-state index in [4.69, 9.17) is 23.2 Å². The first-order chi connectivity index (χ1) is 8.49. The van der Waals surface area contributed by atoms with E-state index in [2.05, 4.69) is 9.72 Å². The fourth-order valence-electron chi connectivity index (χ4n) is 1.51. The maximum Gasteiger partial charge on any atom is 0.342 e. The second-order valence-electron chi connectivity index (χ2n) is 3.30. The number of carbonyl (C=O) groups excluding carboxylic acids is 1. The van der Waals surface area contributed by atoms with Crippen LogP contribution < -0.4 is 11.2 Å². The van der Waals surface area contributed by atoms with E-state index in [1.165, 1.54) is 18.2 Å². The Hall–Kier alpha value is -1.79. The fraction of sp³-hybridized carbons (Fsp3) is 0.100. The summed E-state index contributed by atoms with van der Waals surface area (Å²) in [5.74, 6) is -0.836. The third-order valence-corrected chi connectivity index (χ3v) is 2.37. The number of hydrogen-bond donors (Lipinski definition) is 2. The van der Waals surface area contributed by atoms with Crippen molar-refractivity contribution in [2.75, 3.05) is 0 Å². The lowest BCUT2D eigenvalue weighted by Crippen LogP contribution is -2.23. The average molecular weight is 289 g/mol. The van der Waals surface area contributed by atoms with Crippen LogP contribution in [0, 0.1) is 0 Å². The largest absolute Gasteiger partial charge is 0.428 e. The van der Waals surface area contributed by atoms with Crippen molar-refractivity contribution < 1.29 is 9.53 Å². The average Bonchev–Trinajstić information content (AvgIpc) is 2.27. The molecular weight excluding hydrogens is 283 g/mol. The molecule has 8 heteroatoms. The number of carbonyl (C=O) groups is 1. The summed E-state index contributed by atoms with van der Waals surface area (Å²) >= 11 is 10.6. The normalized spacial score (nSPS) is 10.8. The molecule has 0 spiro atoms. The number of nitrogens with one attached hydrogen (secondary N) is 2. The van der Waals surface area contributed by atoms with Crippen LogP contribution >= 0.6 is 23.2 Å². The Kier molecular flexibility index (Phi) is 3.40. The van der Waals surface area contributed by atoms with E-state index in [1.54, 1.807) is 0 Å². The second-order valence-corrected chi connectivity index (χ2v) is 4.32. The van der Waals surface area contributed by atoms with Gasteiger partial charge in [0.1, 0.15) is 0 Å². The number of fused-ring (bicyclic) bond motifs is 1. The van der Waals surface area contributed by atoms with Crippen molar-refractivity contribution in [2.45, 2.75) is 5.02 Å². The molecule has 2 rings (SSSR count). The van der Waals surface area contributed by atoms with Gasteiger partial charge >= 0.3 is 11.7 Å². The highest BCUT2D eigenvalue weighted by atomic mass is 35.5. The second kappa shape index (κ2) is 4.83. The maximum atomic E-state index is 11.7. The minimum atomic E-state index is -1.33. The zero-order valence-electron chi connectivity index (χ0n) is 8.70. The first kappa shape index (κ1) is 12.7. The summed E-state index contributed by atoms with van der Waals surface area (Å²) in [6, 6.07) is 4.32. The van der Waals surface area contributed by atoms with Gasteiger partial charge < -0.3 is 9.72 Å². The van der Waals surface area contributed by atoms with E-state index in [0.29, 0.717) is 0 Å². The molecule has 1 aromatic carbocycles. The lowest BCUT2D eigenvalue weighted by Gasteiger charge is -2.06. The molecule has 1 heterocycles. The van der Waals surface area contributed by atoms with Gasteiger partial charge in [-0.1, -0.05) is 29.3 Å². The molecule has 6 nitrogen and oxygen atoms in total. The van der Waals surface area contributed by atoms with Gasteiger partial charge in [0.2, 0.25) is 0 Å². The van der Waals surface area contributed by atoms with Crippen molar-refractivity contribution in [2.24, 2.45) is 0 Å². The van der Waals surface area contributed by atoms with Gasteiger partial charge in [-0.25, -0.2) is 9.59 Å². The quantitative estimate of drug-likeness (QED) is 0.640. The van der Waals surface area contributed by atoms with Crippen molar-refractivity contribution in [3.8, 4) is 0 Å². The molecule has 0 saturated heterocycles. The van der Waals surface area contributed by atoms with E-state index in [9.17, 15) is 14.4 Å². The molecule has 0 unspecified atom stereocenters. The van der Waals surface area contributed by atoms with Crippen LogP contribution in [0.5, 0.6) is 0 Å². The van der Waals surface area contributed by atoms with E-state index >= 15 is 0 Å². The van der Waals surface area contributed by atoms with Gasteiger partial charge in [-0.3, -0.25) is 9.78 Å². The van der Waals surface area contributed by atoms with Crippen molar-refractivity contribution in [1.29, 1.82) is 0 Å². The van der Waals surface area contributed by atoms with Crippen molar-refractivity contribution in [1.82, 2.24) is 9.97 Å². The van der Waals surface area contributed by atoms with Gasteiger partial charge in [0.25, 0.3) is 10.6 Å². The highest BCUT2D eigenvalue weighted by Crippen LogP contribution is 2.15. The summed E-state index contributed by atoms with van der Waals surface area (Å²) in [6.07, 6.45) is 0. The number of H-pyrrole nitrogens is 2. The lowest BCUT2D eigenvalue weighted by atomic mass is 10.1. The SMILES string of the molecule is O=C(OC(Cl)Cl)c1cccc2c(=O)[nH]c(=O)[nH]c12. The topological polar surface area (TPSA) is 92.0 Å². The number of para-hydroxylation sites is 1. The first-order valence-electron chi connectivity index (χ1n) is 4.73. The maximum absolute atomic E-state index is 11.7. The van der Waals surface area contributed by atoms with Crippen LogP contribution in [0.15, 0.2) is 27.8 Å². The van der Waals surface area contributed by atoms with Gasteiger partial charge in [-0.05, 0) is 12.1 Å². The van der Waals surface area contributed by atoms with E-state index < -0.39 is 22.2 Å². The Labute approximate surface area is 109 Å². The molecule has 2 aromatic rings. The number of rotatable bonds is 2. The number of ether oxygens (including phenoxy) is 1. The molecule has 0 amide bonds. The highest BCUT2D eigenvalue weighted by molar-refractivity contribution is 6.43. The van der Waals surface area contributed by atoms with Crippen molar-refractivity contribution in [3.63, 3.8) is 0 Å². The number of benzene rings is 1. The van der Waals surface area contributed by atoms with Crippen LogP contribution in [0.2, 0.25) is 0 Å².